The number of amides is 2. The monoisotopic (exact) mass is 434 g/mol. The second-order valence-corrected chi connectivity index (χ2v) is 9.37. The molecule has 0 spiro atoms. The van der Waals surface area contributed by atoms with Crippen molar-refractivity contribution in [1.29, 1.82) is 0 Å². The average Bonchev–Trinajstić information content (AvgIpc) is 3.42. The number of thiazole rings is 1. The minimum absolute atomic E-state index is 0.0313. The third-order valence-electron chi connectivity index (χ3n) is 6.08. The molecule has 7 nitrogen and oxygen atoms in total. The number of aromatic amines is 1. The Labute approximate surface area is 184 Å². The zero-order chi connectivity index (χ0) is 21.4. The van der Waals surface area contributed by atoms with Gasteiger partial charge in [0, 0.05) is 42.6 Å². The fourth-order valence-electron chi connectivity index (χ4n) is 4.18. The number of urea groups is 1. The summed E-state index contributed by atoms with van der Waals surface area (Å²) in [6.07, 6.45) is 4.76. The van der Waals surface area contributed by atoms with Crippen molar-refractivity contribution in [3.05, 3.63) is 53.3 Å². The largest absolute Gasteiger partial charge is 0.379 e. The normalized spacial score (nSPS) is 19.1. The Balaban J connectivity index is 1.26. The molecular formula is C23H26N6OS. The lowest BCUT2D eigenvalue weighted by Gasteiger charge is -2.38. The fraction of sp³-hybridized carbons (Fsp3) is 0.348. The van der Waals surface area contributed by atoms with Crippen LogP contribution in [0.25, 0.3) is 21.3 Å². The van der Waals surface area contributed by atoms with Crippen molar-refractivity contribution in [3.63, 3.8) is 0 Å². The van der Waals surface area contributed by atoms with Crippen molar-refractivity contribution < 1.29 is 4.79 Å². The zero-order valence-electron chi connectivity index (χ0n) is 17.7. The number of aromatic nitrogens is 3. The van der Waals surface area contributed by atoms with Gasteiger partial charge in [0.05, 0.1) is 16.8 Å². The quantitative estimate of drug-likeness (QED) is 0.441. The highest BCUT2D eigenvalue weighted by Gasteiger charge is 2.29. The number of rotatable bonds is 4. The van der Waals surface area contributed by atoms with E-state index in [0.717, 1.165) is 50.5 Å². The summed E-state index contributed by atoms with van der Waals surface area (Å²) >= 11 is 1.63. The first-order valence-corrected chi connectivity index (χ1v) is 11.5. The summed E-state index contributed by atoms with van der Waals surface area (Å²) in [4.78, 5) is 27.0. The molecule has 0 radical (unpaired) electrons. The number of piperidine rings is 1. The van der Waals surface area contributed by atoms with Crippen LogP contribution in [0.3, 0.4) is 0 Å². The number of carbonyl (C=O) groups is 1. The predicted molar refractivity (Wildman–Crippen MR) is 125 cm³/mol. The summed E-state index contributed by atoms with van der Waals surface area (Å²) in [7, 11) is 0. The maximum absolute atomic E-state index is 12.9. The van der Waals surface area contributed by atoms with Gasteiger partial charge in [0.25, 0.3) is 0 Å². The van der Waals surface area contributed by atoms with Crippen molar-refractivity contribution in [3.8, 4) is 0 Å². The lowest BCUT2D eigenvalue weighted by atomic mass is 9.93. The average molecular weight is 435 g/mol. The second kappa shape index (κ2) is 8.19. The fourth-order valence-corrected chi connectivity index (χ4v) is 5.09. The number of carbonyl (C=O) groups excluding carboxylic acids is 1. The summed E-state index contributed by atoms with van der Waals surface area (Å²) in [5.41, 5.74) is 4.06. The standard InChI is InChI=1S/C23H26N6OS/c1-14-8-10-29(23(30)26-12-20-27-17-5-3-4-6-19(17)31-20)13-18(14)28-21-15(2)11-25-22-16(21)7-9-24-22/h3-7,9,11,14,18H,8,10,12-13H2,1-2H3,(H,26,30)(H2,24,25,28)/t14-,18+/m1/s1. The molecule has 3 N–H and O–H groups in total. The van der Waals surface area contributed by atoms with Gasteiger partial charge in [0.1, 0.15) is 10.7 Å². The van der Waals surface area contributed by atoms with Gasteiger partial charge in [-0.25, -0.2) is 14.8 Å². The predicted octanol–water partition coefficient (Wildman–Crippen LogP) is 4.51. The van der Waals surface area contributed by atoms with Crippen molar-refractivity contribution >= 4 is 44.3 Å². The number of nitrogens with one attached hydrogen (secondary N) is 3. The summed E-state index contributed by atoms with van der Waals surface area (Å²) < 4.78 is 1.15. The molecule has 0 bridgehead atoms. The molecule has 1 aliphatic heterocycles. The van der Waals surface area contributed by atoms with Crippen LogP contribution in [0.5, 0.6) is 0 Å². The molecule has 2 atom stereocenters. The van der Waals surface area contributed by atoms with Gasteiger partial charge in [-0.2, -0.15) is 0 Å². The molecule has 4 aromatic rings. The second-order valence-electron chi connectivity index (χ2n) is 8.25. The SMILES string of the molecule is Cc1cnc2[nH]ccc2c1N[C@H]1CN(C(=O)NCc2nc3ccccc3s2)CC[C@H]1C. The molecule has 0 saturated carbocycles. The molecule has 1 saturated heterocycles. The van der Waals surface area contributed by atoms with Crippen LogP contribution in [-0.2, 0) is 6.54 Å². The van der Waals surface area contributed by atoms with E-state index in [2.05, 4.69) is 45.5 Å². The third kappa shape index (κ3) is 3.95. The number of likely N-dealkylation sites (tertiary alicyclic amines) is 1. The zero-order valence-corrected chi connectivity index (χ0v) is 18.5. The highest BCUT2D eigenvalue weighted by Crippen LogP contribution is 2.29. The van der Waals surface area contributed by atoms with Gasteiger partial charge >= 0.3 is 6.03 Å². The number of anilines is 1. The lowest BCUT2D eigenvalue weighted by Crippen LogP contribution is -2.52. The van der Waals surface area contributed by atoms with Gasteiger partial charge in [-0.15, -0.1) is 11.3 Å². The number of aryl methyl sites for hydroxylation is 1. The summed E-state index contributed by atoms with van der Waals surface area (Å²) in [6.45, 7) is 6.20. The van der Waals surface area contributed by atoms with Crippen LogP contribution in [0.4, 0.5) is 10.5 Å². The smallest absolute Gasteiger partial charge is 0.317 e. The number of benzene rings is 1. The molecule has 3 aromatic heterocycles. The molecule has 4 heterocycles. The van der Waals surface area contributed by atoms with Gasteiger partial charge in [0.2, 0.25) is 0 Å². The lowest BCUT2D eigenvalue weighted by molar-refractivity contribution is 0.167. The molecule has 31 heavy (non-hydrogen) atoms. The van der Waals surface area contributed by atoms with Crippen LogP contribution in [0.1, 0.15) is 23.9 Å². The minimum atomic E-state index is -0.0313. The Bertz CT molecular complexity index is 1200. The van der Waals surface area contributed by atoms with Crippen molar-refractivity contribution in [2.75, 3.05) is 18.4 Å². The molecule has 2 amide bonds. The van der Waals surface area contributed by atoms with E-state index in [9.17, 15) is 4.79 Å². The highest BCUT2D eigenvalue weighted by atomic mass is 32.1. The van der Waals surface area contributed by atoms with Crippen molar-refractivity contribution in [2.45, 2.75) is 32.9 Å². The van der Waals surface area contributed by atoms with E-state index >= 15 is 0 Å². The number of hydrogen-bond donors (Lipinski definition) is 3. The maximum Gasteiger partial charge on any atom is 0.317 e. The number of H-pyrrole nitrogens is 1. The molecule has 1 aromatic carbocycles. The van der Waals surface area contributed by atoms with Crippen LogP contribution in [-0.4, -0.2) is 45.0 Å². The van der Waals surface area contributed by atoms with E-state index in [1.165, 1.54) is 0 Å². The number of para-hydroxylation sites is 1. The maximum atomic E-state index is 12.9. The highest BCUT2D eigenvalue weighted by molar-refractivity contribution is 7.18. The first-order valence-electron chi connectivity index (χ1n) is 10.6. The van der Waals surface area contributed by atoms with Crippen LogP contribution < -0.4 is 10.6 Å². The summed E-state index contributed by atoms with van der Waals surface area (Å²) in [6, 6.07) is 10.3. The van der Waals surface area contributed by atoms with E-state index in [-0.39, 0.29) is 12.1 Å². The Morgan fingerprint density at radius 2 is 2.19 bits per heavy atom. The Morgan fingerprint density at radius 1 is 1.32 bits per heavy atom. The van der Waals surface area contributed by atoms with E-state index in [0.29, 0.717) is 19.0 Å². The molecule has 0 aliphatic carbocycles. The molecule has 160 valence electrons. The molecule has 5 rings (SSSR count). The van der Waals surface area contributed by atoms with Crippen molar-refractivity contribution in [2.24, 2.45) is 5.92 Å². The van der Waals surface area contributed by atoms with Gasteiger partial charge < -0.3 is 20.5 Å². The van der Waals surface area contributed by atoms with Gasteiger partial charge in [-0.3, -0.25) is 0 Å². The molecule has 1 fully saturated rings. The van der Waals surface area contributed by atoms with E-state index in [4.69, 9.17) is 0 Å². The van der Waals surface area contributed by atoms with Crippen LogP contribution in [0, 0.1) is 12.8 Å². The molecule has 8 heteroatoms. The van der Waals surface area contributed by atoms with Crippen LogP contribution in [0.15, 0.2) is 42.7 Å². The molecule has 1 aliphatic rings. The van der Waals surface area contributed by atoms with Crippen LogP contribution in [0.2, 0.25) is 0 Å². The first kappa shape index (κ1) is 19.8. The summed E-state index contributed by atoms with van der Waals surface area (Å²) in [5.74, 6) is 0.467. The Morgan fingerprint density at radius 3 is 3.06 bits per heavy atom. The minimum Gasteiger partial charge on any atom is -0.379 e. The van der Waals surface area contributed by atoms with Gasteiger partial charge in [-0.1, -0.05) is 19.1 Å². The third-order valence-corrected chi connectivity index (χ3v) is 7.12. The first-order chi connectivity index (χ1) is 15.1. The topological polar surface area (TPSA) is 85.9 Å². The summed E-state index contributed by atoms with van der Waals surface area (Å²) in [5, 5.41) is 8.79. The van der Waals surface area contributed by atoms with Crippen molar-refractivity contribution in [1.82, 2.24) is 25.2 Å². The number of nitrogens with zero attached hydrogens (tertiary/aromatic N) is 3. The van der Waals surface area contributed by atoms with E-state index in [1.54, 1.807) is 11.3 Å². The van der Waals surface area contributed by atoms with Gasteiger partial charge in [0.15, 0.2) is 0 Å². The number of pyridine rings is 1. The van der Waals surface area contributed by atoms with Gasteiger partial charge in [-0.05, 0) is 43.0 Å². The van der Waals surface area contributed by atoms with Crippen LogP contribution >= 0.6 is 11.3 Å². The van der Waals surface area contributed by atoms with E-state index in [1.807, 2.05) is 41.6 Å². The Kier molecular flexibility index (Phi) is 5.23. The molecular weight excluding hydrogens is 408 g/mol. The Hall–Kier alpha value is -3.13. The van der Waals surface area contributed by atoms with E-state index < -0.39 is 0 Å². The number of fused-ring (bicyclic) bond motifs is 2. The molecule has 0 unspecified atom stereocenters. The number of hydrogen-bond acceptors (Lipinski definition) is 5.